The van der Waals surface area contributed by atoms with Crippen LogP contribution in [0.2, 0.25) is 5.02 Å². The summed E-state index contributed by atoms with van der Waals surface area (Å²) in [4.78, 5) is 3.12. The Balaban J connectivity index is 2.48. The first-order valence-electron chi connectivity index (χ1n) is 8.27. The molecule has 4 nitrogen and oxygen atoms in total. The Morgan fingerprint density at radius 2 is 1.37 bits per heavy atom. The van der Waals surface area contributed by atoms with Gasteiger partial charge in [-0.25, -0.2) is 0 Å². The van der Waals surface area contributed by atoms with Gasteiger partial charge in [0.25, 0.3) is 0 Å². The molecule has 12 heteroatoms. The van der Waals surface area contributed by atoms with Gasteiger partial charge in [0.1, 0.15) is 0 Å². The third-order valence-electron chi connectivity index (χ3n) is 4.82. The molecular formula is C18H15ClF6NO3P. The van der Waals surface area contributed by atoms with E-state index in [1.54, 1.807) is 0 Å². The fourth-order valence-corrected chi connectivity index (χ4v) is 7.73. The summed E-state index contributed by atoms with van der Waals surface area (Å²) in [6.45, 7) is 0. The van der Waals surface area contributed by atoms with Gasteiger partial charge in [0.2, 0.25) is 0 Å². The third kappa shape index (κ3) is 2.77. The maximum atomic E-state index is 14.4. The average Bonchev–Trinajstić information content (AvgIpc) is 3.04. The van der Waals surface area contributed by atoms with Gasteiger partial charge < -0.3 is 0 Å². The predicted octanol–water partition coefficient (Wildman–Crippen LogP) is 5.85. The summed E-state index contributed by atoms with van der Waals surface area (Å²) in [7, 11) is -4.96. The number of halogens is 7. The Hall–Kier alpha value is -1.87. The molecule has 2 aromatic carbocycles. The van der Waals surface area contributed by atoms with Gasteiger partial charge in [0.15, 0.2) is 0 Å². The summed E-state index contributed by atoms with van der Waals surface area (Å²) in [5.74, 6) is -0.925. The topological polar surface area (TPSA) is 40.0 Å². The number of aliphatic imine (C=N–C) groups is 1. The Kier molecular flexibility index (Phi) is 5.39. The molecule has 164 valence electrons. The van der Waals surface area contributed by atoms with E-state index < -0.39 is 36.1 Å². The van der Waals surface area contributed by atoms with Gasteiger partial charge in [-0.05, 0) is 0 Å². The van der Waals surface area contributed by atoms with Crippen molar-refractivity contribution in [2.75, 3.05) is 14.2 Å². The van der Waals surface area contributed by atoms with E-state index in [9.17, 15) is 26.3 Å². The van der Waals surface area contributed by atoms with E-state index in [-0.39, 0.29) is 10.6 Å². The van der Waals surface area contributed by atoms with E-state index in [2.05, 4.69) is 4.99 Å². The van der Waals surface area contributed by atoms with Gasteiger partial charge in [-0.3, -0.25) is 0 Å². The zero-order chi connectivity index (χ0) is 22.4. The third-order valence-corrected chi connectivity index (χ3v) is 9.82. The monoisotopic (exact) mass is 473 g/mol. The van der Waals surface area contributed by atoms with Crippen LogP contribution in [0, 0.1) is 0 Å². The molecule has 0 aliphatic carbocycles. The summed E-state index contributed by atoms with van der Waals surface area (Å²) in [6.07, 6.45) is -12.0. The van der Waals surface area contributed by atoms with Crippen LogP contribution in [0.4, 0.5) is 26.3 Å². The van der Waals surface area contributed by atoms with Gasteiger partial charge in [0.05, 0.1) is 0 Å². The van der Waals surface area contributed by atoms with Crippen LogP contribution in [0.5, 0.6) is 0 Å². The number of hydrogen-bond donors (Lipinski definition) is 0. The first-order valence-corrected chi connectivity index (χ1v) is 10.6. The SMILES string of the molecule is COP1(OC)(c2ccccc2)OC(c2ccc(Cl)cc2)=NC1(C(F)(F)F)C(F)(F)F. The maximum absolute atomic E-state index is 14.4. The zero-order valence-corrected chi connectivity index (χ0v) is 17.1. The second-order valence-corrected chi connectivity index (χ2v) is 10.5. The quantitative estimate of drug-likeness (QED) is 0.413. The fourth-order valence-electron chi connectivity index (χ4n) is 3.46. The van der Waals surface area contributed by atoms with Crippen LogP contribution < -0.4 is 5.30 Å². The Morgan fingerprint density at radius 3 is 1.80 bits per heavy atom. The van der Waals surface area contributed by atoms with Crippen LogP contribution in [0.25, 0.3) is 0 Å². The normalized spacial score (nSPS) is 21.2. The van der Waals surface area contributed by atoms with Crippen molar-refractivity contribution in [1.82, 2.24) is 0 Å². The van der Waals surface area contributed by atoms with Gasteiger partial charge in [-0.1, -0.05) is 0 Å². The van der Waals surface area contributed by atoms with Gasteiger partial charge in [0, 0.05) is 0 Å². The van der Waals surface area contributed by atoms with Crippen LogP contribution in [0.15, 0.2) is 59.6 Å². The van der Waals surface area contributed by atoms with E-state index >= 15 is 0 Å². The number of alkyl halides is 6. The fraction of sp³-hybridized carbons (Fsp3) is 0.278. The summed E-state index contributed by atoms with van der Waals surface area (Å²) in [5.41, 5.74) is -0.159. The first-order chi connectivity index (χ1) is 13.9. The van der Waals surface area contributed by atoms with E-state index in [1.807, 2.05) is 0 Å². The molecule has 3 rings (SSSR count). The molecular weight excluding hydrogens is 459 g/mol. The molecule has 0 atom stereocenters. The molecule has 0 aromatic heterocycles. The van der Waals surface area contributed by atoms with Crippen molar-refractivity contribution in [3.05, 3.63) is 65.2 Å². The van der Waals surface area contributed by atoms with Crippen LogP contribution >= 0.6 is 18.9 Å². The molecule has 0 saturated heterocycles. The van der Waals surface area contributed by atoms with Crippen molar-refractivity contribution in [3.8, 4) is 0 Å². The first kappa shape index (κ1) is 22.8. The van der Waals surface area contributed by atoms with Crippen LogP contribution in [-0.4, -0.2) is 37.7 Å². The van der Waals surface area contributed by atoms with Crippen LogP contribution in [0.1, 0.15) is 5.56 Å². The molecule has 0 amide bonds. The molecule has 2 aromatic rings. The molecule has 0 unspecified atom stereocenters. The Labute approximate surface area is 172 Å². The summed E-state index contributed by atoms with van der Waals surface area (Å²) < 4.78 is 102. The van der Waals surface area contributed by atoms with E-state index in [4.69, 9.17) is 25.2 Å². The second-order valence-electron chi connectivity index (χ2n) is 6.27. The predicted molar refractivity (Wildman–Crippen MR) is 101 cm³/mol. The molecule has 0 saturated carbocycles. The van der Waals surface area contributed by atoms with E-state index in [0.717, 1.165) is 12.1 Å². The Morgan fingerprint density at radius 1 is 0.867 bits per heavy atom. The van der Waals surface area contributed by atoms with Crippen molar-refractivity contribution in [1.29, 1.82) is 0 Å². The second kappa shape index (κ2) is 7.09. The standard InChI is InChI=1S/C18H15ClF6NO3P/c1-27-30(28-2,14-6-4-3-5-7-14)16(17(20,21)22,18(23,24)25)26-15(29-30)12-8-10-13(19)11-9-12/h3-11H,1-2H3. The van der Waals surface area contributed by atoms with Crippen molar-refractivity contribution in [2.45, 2.75) is 17.6 Å². The van der Waals surface area contributed by atoms with Gasteiger partial charge in [-0.2, -0.15) is 0 Å². The zero-order valence-electron chi connectivity index (χ0n) is 15.5. The summed E-state index contributed by atoms with van der Waals surface area (Å²) in [5, 5.41) is -5.17. The Bertz CT molecular complexity index is 945. The minimum atomic E-state index is -6.32. The average molecular weight is 474 g/mol. The summed E-state index contributed by atoms with van der Waals surface area (Å²) in [6, 6.07) is 10.9. The molecule has 0 bridgehead atoms. The van der Waals surface area contributed by atoms with Crippen LogP contribution in [0.3, 0.4) is 0 Å². The van der Waals surface area contributed by atoms with Crippen molar-refractivity contribution in [3.63, 3.8) is 0 Å². The molecule has 0 spiro atoms. The molecule has 1 aliphatic heterocycles. The molecule has 0 fully saturated rings. The van der Waals surface area contributed by atoms with E-state index in [1.165, 1.54) is 42.5 Å². The molecule has 1 heterocycles. The van der Waals surface area contributed by atoms with E-state index in [0.29, 0.717) is 14.2 Å². The summed E-state index contributed by atoms with van der Waals surface area (Å²) >= 11 is 5.77. The molecule has 0 radical (unpaired) electrons. The van der Waals surface area contributed by atoms with Crippen LogP contribution in [-0.2, 0) is 13.6 Å². The van der Waals surface area contributed by atoms with Crippen molar-refractivity contribution in [2.24, 2.45) is 4.99 Å². The number of benzene rings is 2. The number of nitrogens with zero attached hydrogens (tertiary/aromatic N) is 1. The number of rotatable bonds is 4. The van der Waals surface area contributed by atoms with Crippen molar-refractivity contribution >= 4 is 30.1 Å². The van der Waals surface area contributed by atoms with Gasteiger partial charge >= 0.3 is 172 Å². The molecule has 0 N–H and O–H groups in total. The molecule has 1 aliphatic rings. The molecule has 30 heavy (non-hydrogen) atoms. The van der Waals surface area contributed by atoms with Crippen molar-refractivity contribution < 1.29 is 39.9 Å². The number of hydrogen-bond acceptors (Lipinski definition) is 4. The van der Waals surface area contributed by atoms with Gasteiger partial charge in [-0.15, -0.1) is 0 Å². The minimum absolute atomic E-state index is 0.159.